The van der Waals surface area contributed by atoms with Crippen LogP contribution >= 0.6 is 31.9 Å². The lowest BCUT2D eigenvalue weighted by Gasteiger charge is -2.14. The maximum atomic E-state index is 5.25. The highest BCUT2D eigenvalue weighted by Gasteiger charge is 2.17. The zero-order valence-corrected chi connectivity index (χ0v) is 27.5. The number of fused-ring (bicyclic) bond motifs is 1. The highest BCUT2D eigenvalue weighted by atomic mass is 79.9. The van der Waals surface area contributed by atoms with Crippen molar-refractivity contribution in [2.75, 3.05) is 0 Å². The molecule has 0 aliphatic heterocycles. The standard InChI is InChI=1S/C36H44Br2N2/c1-3-5-7-9-11-13-17-27-19-15-21-29(25-27)33-34(40-36-32(38)24-23-31(37)35(36)39-33)30-22-16-20-28(26-30)18-14-12-10-8-6-4-2/h15-16,19-26H,3-14,17-18H2,1-2H3. The van der Waals surface area contributed by atoms with Gasteiger partial charge in [-0.1, -0.05) is 114 Å². The average molecular weight is 665 g/mol. The molecule has 0 saturated carbocycles. The maximum absolute atomic E-state index is 5.25. The minimum Gasteiger partial charge on any atom is -0.243 e. The molecule has 0 fully saturated rings. The molecule has 0 saturated heterocycles. The minimum absolute atomic E-state index is 0.887. The van der Waals surface area contributed by atoms with Gasteiger partial charge in [0, 0.05) is 20.1 Å². The number of hydrogen-bond donors (Lipinski definition) is 0. The van der Waals surface area contributed by atoms with Crippen LogP contribution in [0.5, 0.6) is 0 Å². The Bertz CT molecular complexity index is 1260. The third-order valence-corrected chi connectivity index (χ3v) is 9.04. The fourth-order valence-electron chi connectivity index (χ4n) is 5.44. The van der Waals surface area contributed by atoms with Gasteiger partial charge in [-0.05, 0) is 92.9 Å². The molecule has 1 heterocycles. The number of benzene rings is 3. The molecule has 0 amide bonds. The Labute approximate surface area is 258 Å². The van der Waals surface area contributed by atoms with Crippen LogP contribution in [-0.2, 0) is 12.8 Å². The van der Waals surface area contributed by atoms with Gasteiger partial charge in [0.05, 0.1) is 11.4 Å². The lowest BCUT2D eigenvalue weighted by Crippen LogP contribution is -1.98. The summed E-state index contributed by atoms with van der Waals surface area (Å²) in [7, 11) is 0. The maximum Gasteiger partial charge on any atom is 0.105 e. The average Bonchev–Trinajstić information content (AvgIpc) is 2.98. The van der Waals surface area contributed by atoms with Gasteiger partial charge in [-0.25, -0.2) is 9.97 Å². The van der Waals surface area contributed by atoms with Crippen LogP contribution in [-0.4, -0.2) is 9.97 Å². The Balaban J connectivity index is 1.63. The number of aromatic nitrogens is 2. The fraction of sp³-hybridized carbons (Fsp3) is 0.444. The van der Waals surface area contributed by atoms with Crippen LogP contribution in [0.4, 0.5) is 0 Å². The van der Waals surface area contributed by atoms with Gasteiger partial charge in [-0.15, -0.1) is 0 Å². The first-order valence-electron chi connectivity index (χ1n) is 15.4. The molecule has 4 rings (SSSR count). The molecule has 3 aromatic carbocycles. The topological polar surface area (TPSA) is 25.8 Å². The summed E-state index contributed by atoms with van der Waals surface area (Å²) in [4.78, 5) is 10.5. The van der Waals surface area contributed by atoms with Gasteiger partial charge in [-0.3, -0.25) is 0 Å². The molecule has 0 unspecified atom stereocenters. The molecule has 2 nitrogen and oxygen atoms in total. The zero-order valence-electron chi connectivity index (χ0n) is 24.3. The van der Waals surface area contributed by atoms with E-state index in [1.807, 2.05) is 12.1 Å². The van der Waals surface area contributed by atoms with E-state index in [2.05, 4.69) is 94.2 Å². The van der Waals surface area contributed by atoms with Crippen LogP contribution in [0.15, 0.2) is 69.6 Å². The van der Waals surface area contributed by atoms with Crippen LogP contribution in [0, 0.1) is 0 Å². The van der Waals surface area contributed by atoms with Gasteiger partial charge in [0.15, 0.2) is 0 Å². The van der Waals surface area contributed by atoms with Gasteiger partial charge in [0.2, 0.25) is 0 Å². The van der Waals surface area contributed by atoms with Crippen molar-refractivity contribution in [1.29, 1.82) is 0 Å². The second-order valence-corrected chi connectivity index (χ2v) is 12.8. The third kappa shape index (κ3) is 8.73. The number of halogens is 2. The number of rotatable bonds is 16. The van der Waals surface area contributed by atoms with Crippen molar-refractivity contribution in [1.82, 2.24) is 9.97 Å². The van der Waals surface area contributed by atoms with Crippen molar-refractivity contribution >= 4 is 42.9 Å². The van der Waals surface area contributed by atoms with E-state index in [9.17, 15) is 0 Å². The largest absolute Gasteiger partial charge is 0.243 e. The van der Waals surface area contributed by atoms with Crippen molar-refractivity contribution < 1.29 is 0 Å². The molecule has 40 heavy (non-hydrogen) atoms. The molecule has 0 aliphatic carbocycles. The smallest absolute Gasteiger partial charge is 0.105 e. The summed E-state index contributed by atoms with van der Waals surface area (Å²) in [6, 6.07) is 22.0. The Morgan fingerprint density at radius 2 is 0.900 bits per heavy atom. The quantitative estimate of drug-likeness (QED) is 0.111. The van der Waals surface area contributed by atoms with E-state index >= 15 is 0 Å². The van der Waals surface area contributed by atoms with Gasteiger partial charge in [0.25, 0.3) is 0 Å². The molecule has 0 N–H and O–H groups in total. The first-order chi connectivity index (χ1) is 19.6. The summed E-state index contributed by atoms with van der Waals surface area (Å²) < 4.78 is 1.93. The monoisotopic (exact) mass is 662 g/mol. The third-order valence-electron chi connectivity index (χ3n) is 7.76. The molecule has 1 aromatic heterocycles. The molecule has 0 spiro atoms. The Morgan fingerprint density at radius 3 is 1.32 bits per heavy atom. The molecule has 4 aromatic rings. The minimum atomic E-state index is 0.887. The van der Waals surface area contributed by atoms with Crippen molar-refractivity contribution in [2.24, 2.45) is 0 Å². The SMILES string of the molecule is CCCCCCCCc1cccc(-c2nc3c(Br)ccc(Br)c3nc2-c2cccc(CCCCCCCC)c2)c1. The highest BCUT2D eigenvalue weighted by molar-refractivity contribution is 9.11. The number of unbranched alkanes of at least 4 members (excludes halogenated alkanes) is 10. The molecule has 0 atom stereocenters. The lowest BCUT2D eigenvalue weighted by atomic mass is 9.97. The van der Waals surface area contributed by atoms with Crippen molar-refractivity contribution in [3.63, 3.8) is 0 Å². The van der Waals surface area contributed by atoms with Gasteiger partial charge in [0.1, 0.15) is 11.0 Å². The van der Waals surface area contributed by atoms with Crippen LogP contribution in [0.2, 0.25) is 0 Å². The summed E-state index contributed by atoms with van der Waals surface area (Å²) in [5.74, 6) is 0. The molecule has 0 aliphatic rings. The van der Waals surface area contributed by atoms with E-state index in [0.717, 1.165) is 55.3 Å². The zero-order chi connectivity index (χ0) is 28.2. The van der Waals surface area contributed by atoms with E-state index in [4.69, 9.17) is 9.97 Å². The normalized spacial score (nSPS) is 11.4. The summed E-state index contributed by atoms with van der Waals surface area (Å²) in [6.07, 6.45) is 18.0. The second-order valence-electron chi connectivity index (χ2n) is 11.1. The van der Waals surface area contributed by atoms with Crippen LogP contribution < -0.4 is 0 Å². The Hall–Kier alpha value is -2.04. The lowest BCUT2D eigenvalue weighted by molar-refractivity contribution is 0.607. The van der Waals surface area contributed by atoms with E-state index < -0.39 is 0 Å². The number of aryl methyl sites for hydroxylation is 2. The summed E-state index contributed by atoms with van der Waals surface area (Å²) in [5.41, 5.74) is 8.72. The molecule has 0 radical (unpaired) electrons. The summed E-state index contributed by atoms with van der Waals surface area (Å²) in [6.45, 7) is 4.55. The van der Waals surface area contributed by atoms with Crippen LogP contribution in [0.25, 0.3) is 33.5 Å². The van der Waals surface area contributed by atoms with Crippen molar-refractivity contribution in [2.45, 2.75) is 104 Å². The summed E-state index contributed by atoms with van der Waals surface area (Å²) in [5, 5.41) is 0. The van der Waals surface area contributed by atoms with Gasteiger partial charge in [-0.2, -0.15) is 0 Å². The number of nitrogens with zero attached hydrogens (tertiary/aromatic N) is 2. The fourth-order valence-corrected chi connectivity index (χ4v) is 6.26. The molecular weight excluding hydrogens is 620 g/mol. The highest BCUT2D eigenvalue weighted by Crippen LogP contribution is 2.36. The van der Waals surface area contributed by atoms with Gasteiger partial charge < -0.3 is 0 Å². The second kappa shape index (κ2) is 16.4. The summed E-state index contributed by atoms with van der Waals surface area (Å²) >= 11 is 7.46. The Morgan fingerprint density at radius 1 is 0.500 bits per heavy atom. The predicted octanol–water partition coefficient (Wildman–Crippen LogP) is 12.3. The van der Waals surface area contributed by atoms with E-state index in [1.165, 1.54) is 88.2 Å². The first kappa shape index (κ1) is 30.9. The van der Waals surface area contributed by atoms with Gasteiger partial charge >= 0.3 is 0 Å². The van der Waals surface area contributed by atoms with Crippen LogP contribution in [0.3, 0.4) is 0 Å². The number of hydrogen-bond acceptors (Lipinski definition) is 2. The van der Waals surface area contributed by atoms with E-state index in [0.29, 0.717) is 0 Å². The first-order valence-corrected chi connectivity index (χ1v) is 17.0. The van der Waals surface area contributed by atoms with Crippen molar-refractivity contribution in [3.05, 3.63) is 80.7 Å². The van der Waals surface area contributed by atoms with E-state index in [1.54, 1.807) is 0 Å². The van der Waals surface area contributed by atoms with Crippen molar-refractivity contribution in [3.8, 4) is 22.5 Å². The molecule has 212 valence electrons. The predicted molar refractivity (Wildman–Crippen MR) is 180 cm³/mol. The Kier molecular flexibility index (Phi) is 12.7. The molecule has 4 heteroatoms. The molecule has 0 bridgehead atoms. The van der Waals surface area contributed by atoms with E-state index in [-0.39, 0.29) is 0 Å². The molecular formula is C36H44Br2N2. The van der Waals surface area contributed by atoms with Crippen LogP contribution in [0.1, 0.15) is 102 Å².